The summed E-state index contributed by atoms with van der Waals surface area (Å²) in [5.74, 6) is -0.552. The highest BCUT2D eigenvalue weighted by Crippen LogP contribution is 2.26. The third-order valence-electron chi connectivity index (χ3n) is 3.81. The van der Waals surface area contributed by atoms with Crippen molar-refractivity contribution in [3.05, 3.63) is 71.3 Å². The number of hydrogen-bond donors (Lipinski definition) is 1. The molecule has 0 heterocycles. The fourth-order valence-corrected chi connectivity index (χ4v) is 2.45. The Balaban J connectivity index is 2.25. The number of benzene rings is 2. The van der Waals surface area contributed by atoms with Crippen LogP contribution in [0.2, 0.25) is 0 Å². The molecule has 0 unspecified atom stereocenters. The molecule has 0 spiro atoms. The summed E-state index contributed by atoms with van der Waals surface area (Å²) in [6.07, 6.45) is 0.644. The lowest BCUT2D eigenvalue weighted by Crippen LogP contribution is -2.23. The second-order valence-corrected chi connectivity index (χ2v) is 6.52. The van der Waals surface area contributed by atoms with E-state index in [4.69, 9.17) is 5.73 Å². The molecule has 2 N–H and O–H groups in total. The number of rotatable bonds is 4. The molecule has 0 bridgehead atoms. The van der Waals surface area contributed by atoms with Crippen molar-refractivity contribution in [2.45, 2.75) is 38.5 Å². The zero-order valence-electron chi connectivity index (χ0n) is 13.0. The molecule has 0 aliphatic carbocycles. The quantitative estimate of drug-likeness (QED) is 0.910. The predicted octanol–water partition coefficient (Wildman–Crippen LogP) is 3.80. The smallest absolute Gasteiger partial charge is 0.225 e. The maximum absolute atomic E-state index is 11.8. The topological polar surface area (TPSA) is 43.1 Å². The van der Waals surface area contributed by atoms with Gasteiger partial charge in [0.1, 0.15) is 0 Å². The molecule has 2 aromatic carbocycles. The lowest BCUT2D eigenvalue weighted by atomic mass is 9.84. The van der Waals surface area contributed by atoms with Gasteiger partial charge in [0.2, 0.25) is 5.91 Å². The fraction of sp³-hybridized carbons (Fsp3) is 0.316. The molecule has 2 nitrogen and oxygen atoms in total. The summed E-state index contributed by atoms with van der Waals surface area (Å²) in [6.45, 7) is 6.53. The molecule has 2 aromatic rings. The SMILES string of the molecule is CC(C)(C)c1ccc([C@@H](Cc2ccccc2)C(N)=O)cc1. The van der Waals surface area contributed by atoms with Crippen molar-refractivity contribution < 1.29 is 4.79 Å². The van der Waals surface area contributed by atoms with Crippen LogP contribution in [0.25, 0.3) is 0 Å². The van der Waals surface area contributed by atoms with E-state index >= 15 is 0 Å². The van der Waals surface area contributed by atoms with E-state index in [1.54, 1.807) is 0 Å². The normalized spacial score (nSPS) is 12.9. The van der Waals surface area contributed by atoms with Gasteiger partial charge in [-0.2, -0.15) is 0 Å². The Bertz CT molecular complexity index is 594. The van der Waals surface area contributed by atoms with Crippen molar-refractivity contribution in [3.8, 4) is 0 Å². The Morgan fingerprint density at radius 2 is 1.57 bits per heavy atom. The third-order valence-corrected chi connectivity index (χ3v) is 3.81. The fourth-order valence-electron chi connectivity index (χ4n) is 2.45. The zero-order valence-corrected chi connectivity index (χ0v) is 13.0. The van der Waals surface area contributed by atoms with E-state index in [2.05, 4.69) is 32.9 Å². The molecule has 0 aliphatic heterocycles. The van der Waals surface area contributed by atoms with E-state index < -0.39 is 0 Å². The largest absolute Gasteiger partial charge is 0.369 e. The van der Waals surface area contributed by atoms with Crippen LogP contribution in [0.5, 0.6) is 0 Å². The molecule has 0 radical (unpaired) electrons. The van der Waals surface area contributed by atoms with Gasteiger partial charge in [-0.05, 0) is 28.5 Å². The number of carbonyl (C=O) groups is 1. The molecular formula is C19H23NO. The summed E-state index contributed by atoms with van der Waals surface area (Å²) >= 11 is 0. The van der Waals surface area contributed by atoms with Gasteiger partial charge in [-0.15, -0.1) is 0 Å². The van der Waals surface area contributed by atoms with Gasteiger partial charge < -0.3 is 5.73 Å². The van der Waals surface area contributed by atoms with E-state index in [0.717, 1.165) is 11.1 Å². The molecule has 0 aromatic heterocycles. The average molecular weight is 281 g/mol. The second kappa shape index (κ2) is 6.13. The van der Waals surface area contributed by atoms with Crippen molar-refractivity contribution in [2.75, 3.05) is 0 Å². The van der Waals surface area contributed by atoms with Crippen molar-refractivity contribution in [2.24, 2.45) is 5.73 Å². The maximum atomic E-state index is 11.8. The van der Waals surface area contributed by atoms with E-state index in [9.17, 15) is 4.79 Å². The van der Waals surface area contributed by atoms with E-state index in [-0.39, 0.29) is 17.2 Å². The van der Waals surface area contributed by atoms with Crippen LogP contribution in [-0.2, 0) is 16.6 Å². The molecule has 2 rings (SSSR count). The Hall–Kier alpha value is -2.09. The summed E-state index contributed by atoms with van der Waals surface area (Å²) in [4.78, 5) is 11.8. The molecule has 0 saturated heterocycles. The first-order valence-electron chi connectivity index (χ1n) is 7.31. The van der Waals surface area contributed by atoms with Crippen LogP contribution in [0.4, 0.5) is 0 Å². The Morgan fingerprint density at radius 1 is 1.00 bits per heavy atom. The third kappa shape index (κ3) is 3.94. The lowest BCUT2D eigenvalue weighted by Gasteiger charge is -2.20. The number of primary amides is 1. The van der Waals surface area contributed by atoms with Gasteiger partial charge >= 0.3 is 0 Å². The monoisotopic (exact) mass is 281 g/mol. The summed E-state index contributed by atoms with van der Waals surface area (Å²) in [7, 11) is 0. The first-order valence-corrected chi connectivity index (χ1v) is 7.31. The van der Waals surface area contributed by atoms with Gasteiger partial charge in [-0.1, -0.05) is 75.4 Å². The first kappa shape index (κ1) is 15.3. The average Bonchev–Trinajstić information content (AvgIpc) is 2.45. The number of amides is 1. The summed E-state index contributed by atoms with van der Waals surface area (Å²) < 4.78 is 0. The molecule has 0 aliphatic rings. The van der Waals surface area contributed by atoms with Crippen LogP contribution in [0.1, 0.15) is 43.4 Å². The summed E-state index contributed by atoms with van der Waals surface area (Å²) in [5.41, 5.74) is 9.08. The van der Waals surface area contributed by atoms with Crippen molar-refractivity contribution in [3.63, 3.8) is 0 Å². The first-order chi connectivity index (χ1) is 9.88. The summed E-state index contributed by atoms with van der Waals surface area (Å²) in [6, 6.07) is 18.2. The number of carbonyl (C=O) groups excluding carboxylic acids is 1. The minimum absolute atomic E-state index is 0.111. The zero-order chi connectivity index (χ0) is 15.5. The highest BCUT2D eigenvalue weighted by atomic mass is 16.1. The molecule has 2 heteroatoms. The van der Waals surface area contributed by atoms with Crippen molar-refractivity contribution in [1.82, 2.24) is 0 Å². The molecule has 1 atom stereocenters. The van der Waals surface area contributed by atoms with E-state index in [1.807, 2.05) is 42.5 Å². The number of nitrogens with two attached hydrogens (primary N) is 1. The van der Waals surface area contributed by atoms with Crippen LogP contribution in [0.15, 0.2) is 54.6 Å². The predicted molar refractivity (Wildman–Crippen MR) is 87.2 cm³/mol. The van der Waals surface area contributed by atoms with E-state index in [0.29, 0.717) is 6.42 Å². The minimum atomic E-state index is -0.276. The molecular weight excluding hydrogens is 258 g/mol. The van der Waals surface area contributed by atoms with Crippen molar-refractivity contribution >= 4 is 5.91 Å². The van der Waals surface area contributed by atoms with Gasteiger partial charge in [0, 0.05) is 0 Å². The number of hydrogen-bond acceptors (Lipinski definition) is 1. The highest BCUT2D eigenvalue weighted by Gasteiger charge is 2.20. The summed E-state index contributed by atoms with van der Waals surface area (Å²) in [5, 5.41) is 0. The molecule has 21 heavy (non-hydrogen) atoms. The van der Waals surface area contributed by atoms with Gasteiger partial charge in [0.15, 0.2) is 0 Å². The molecule has 110 valence electrons. The van der Waals surface area contributed by atoms with Gasteiger partial charge in [-0.25, -0.2) is 0 Å². The van der Waals surface area contributed by atoms with Gasteiger partial charge in [0.05, 0.1) is 5.92 Å². The Kier molecular flexibility index (Phi) is 4.46. The molecule has 1 amide bonds. The van der Waals surface area contributed by atoms with Gasteiger partial charge in [0.25, 0.3) is 0 Å². The maximum Gasteiger partial charge on any atom is 0.225 e. The van der Waals surface area contributed by atoms with E-state index in [1.165, 1.54) is 5.56 Å². The van der Waals surface area contributed by atoms with Crippen LogP contribution in [0.3, 0.4) is 0 Å². The minimum Gasteiger partial charge on any atom is -0.369 e. The van der Waals surface area contributed by atoms with Crippen LogP contribution < -0.4 is 5.73 Å². The Morgan fingerprint density at radius 3 is 2.05 bits per heavy atom. The van der Waals surface area contributed by atoms with Crippen LogP contribution in [0, 0.1) is 0 Å². The van der Waals surface area contributed by atoms with Gasteiger partial charge in [-0.3, -0.25) is 4.79 Å². The molecule has 0 fully saturated rings. The second-order valence-electron chi connectivity index (χ2n) is 6.52. The standard InChI is InChI=1S/C19H23NO/c1-19(2,3)16-11-9-15(10-12-16)17(18(20)21)13-14-7-5-4-6-8-14/h4-12,17H,13H2,1-3H3,(H2,20,21)/t17-/m1/s1. The highest BCUT2D eigenvalue weighted by molar-refractivity contribution is 5.82. The van der Waals surface area contributed by atoms with Crippen LogP contribution >= 0.6 is 0 Å². The molecule has 0 saturated carbocycles. The Labute approximate surface area is 127 Å². The van der Waals surface area contributed by atoms with Crippen molar-refractivity contribution in [1.29, 1.82) is 0 Å². The van der Waals surface area contributed by atoms with Crippen LogP contribution in [-0.4, -0.2) is 5.91 Å². The lowest BCUT2D eigenvalue weighted by molar-refractivity contribution is -0.119.